The number of fused-ring (bicyclic) bond motifs is 2. The van der Waals surface area contributed by atoms with Gasteiger partial charge in [0.2, 0.25) is 17.7 Å². The van der Waals surface area contributed by atoms with E-state index in [2.05, 4.69) is 15.4 Å². The molecule has 7 rings (SSSR count). The van der Waals surface area contributed by atoms with Crippen LogP contribution in [0.15, 0.2) is 73.1 Å². The van der Waals surface area contributed by atoms with Gasteiger partial charge in [-0.15, -0.1) is 11.3 Å². The summed E-state index contributed by atoms with van der Waals surface area (Å²) in [5, 5.41) is 6.05. The molecule has 2 aromatic heterocycles. The Balaban J connectivity index is 1.04. The van der Waals surface area contributed by atoms with Crippen molar-refractivity contribution in [3.8, 4) is 11.5 Å². The second-order valence-electron chi connectivity index (χ2n) is 14.8. The number of nitrogens with one attached hydrogen (secondary N) is 2. The molecule has 2 aromatic carbocycles. The third-order valence-corrected chi connectivity index (χ3v) is 14.1. The first-order valence-corrected chi connectivity index (χ1v) is 21.9. The van der Waals surface area contributed by atoms with E-state index < -0.39 is 43.4 Å². The molecule has 3 saturated heterocycles. The summed E-state index contributed by atoms with van der Waals surface area (Å²) in [6.07, 6.45) is 7.23. The molecule has 0 aliphatic carbocycles. The number of nitrogens with zero attached hydrogens (tertiary/aromatic N) is 3. The predicted molar refractivity (Wildman–Crippen MR) is 213 cm³/mol. The quantitative estimate of drug-likeness (QED) is 0.103. The van der Waals surface area contributed by atoms with Crippen LogP contribution >= 0.6 is 18.9 Å². The third kappa shape index (κ3) is 8.56. The SMILES string of the molecule is CCCOC(=O)[C@H](C)N[P@](=O)(Oc1ccccc1)[C@H](F)c1ccc2sc(C(=O)N[C@H]3CCC[C@H]4CC[C@@H](C(=O)N5CC(c6cnccc6OC)C5)N4C3=O)cc2c1. The van der Waals surface area contributed by atoms with Gasteiger partial charge in [0, 0.05) is 47.7 Å². The van der Waals surface area contributed by atoms with E-state index in [4.69, 9.17) is 14.0 Å². The number of pyridine rings is 1. The highest BCUT2D eigenvalue weighted by Crippen LogP contribution is 2.58. The van der Waals surface area contributed by atoms with Gasteiger partial charge in [0.15, 0.2) is 0 Å². The molecule has 302 valence electrons. The summed E-state index contributed by atoms with van der Waals surface area (Å²) >= 11 is 1.18. The lowest BCUT2D eigenvalue weighted by Crippen LogP contribution is -2.58. The first kappa shape index (κ1) is 40.4. The number of methoxy groups -OCH3 is 1. The van der Waals surface area contributed by atoms with Crippen LogP contribution in [0.5, 0.6) is 11.5 Å². The molecule has 2 N–H and O–H groups in total. The molecule has 3 amide bonds. The minimum Gasteiger partial charge on any atom is -0.496 e. The fourth-order valence-corrected chi connectivity index (χ4v) is 10.7. The fraction of sp³-hybridized carbons (Fsp3) is 0.439. The van der Waals surface area contributed by atoms with Crippen LogP contribution in [-0.2, 0) is 23.7 Å². The fourth-order valence-electron chi connectivity index (χ4n) is 7.86. The molecule has 4 aromatic rings. The molecule has 3 aliphatic rings. The number of aromatic nitrogens is 1. The van der Waals surface area contributed by atoms with Crippen LogP contribution in [0, 0.1) is 0 Å². The van der Waals surface area contributed by atoms with E-state index in [9.17, 15) is 23.7 Å². The lowest BCUT2D eigenvalue weighted by Gasteiger charge is -2.42. The summed E-state index contributed by atoms with van der Waals surface area (Å²) in [4.78, 5) is 62.2. The number of esters is 1. The van der Waals surface area contributed by atoms with Crippen molar-refractivity contribution in [2.24, 2.45) is 0 Å². The summed E-state index contributed by atoms with van der Waals surface area (Å²) in [5.41, 5.74) is 0.977. The number of carbonyl (C=O) groups excluding carboxylic acids is 4. The number of alkyl halides is 1. The number of para-hydroxylation sites is 1. The maximum Gasteiger partial charge on any atom is 0.355 e. The van der Waals surface area contributed by atoms with Gasteiger partial charge in [0.1, 0.15) is 29.6 Å². The highest BCUT2D eigenvalue weighted by Gasteiger charge is 2.48. The van der Waals surface area contributed by atoms with Crippen LogP contribution in [0.1, 0.15) is 85.0 Å². The smallest absolute Gasteiger partial charge is 0.355 e. The maximum atomic E-state index is 16.5. The average molecular weight is 820 g/mol. The Hall–Kier alpha value is -4.85. The first-order chi connectivity index (χ1) is 27.5. The molecule has 3 fully saturated rings. The molecule has 5 heterocycles. The van der Waals surface area contributed by atoms with Crippen molar-refractivity contribution in [3.05, 3.63) is 89.1 Å². The highest BCUT2D eigenvalue weighted by molar-refractivity contribution is 7.57. The zero-order chi connectivity index (χ0) is 40.3. The minimum atomic E-state index is -4.44. The molecule has 0 bridgehead atoms. The third-order valence-electron chi connectivity index (χ3n) is 10.8. The summed E-state index contributed by atoms with van der Waals surface area (Å²) in [7, 11) is -2.83. The molecule has 16 heteroatoms. The van der Waals surface area contributed by atoms with Crippen molar-refractivity contribution in [1.82, 2.24) is 25.2 Å². The Morgan fingerprint density at radius 2 is 1.84 bits per heavy atom. The Labute approximate surface area is 334 Å². The van der Waals surface area contributed by atoms with Crippen LogP contribution in [0.25, 0.3) is 10.1 Å². The summed E-state index contributed by atoms with van der Waals surface area (Å²) in [6.45, 7) is 4.47. The van der Waals surface area contributed by atoms with Crippen molar-refractivity contribution >= 4 is 52.6 Å². The number of halogens is 1. The number of benzene rings is 2. The molecule has 13 nitrogen and oxygen atoms in total. The van der Waals surface area contributed by atoms with Crippen molar-refractivity contribution in [2.45, 2.75) is 88.4 Å². The Morgan fingerprint density at radius 3 is 2.60 bits per heavy atom. The van der Waals surface area contributed by atoms with E-state index in [0.717, 1.165) is 24.2 Å². The number of amides is 3. The second-order valence-corrected chi connectivity index (χ2v) is 17.9. The molecule has 3 aliphatic heterocycles. The first-order valence-electron chi connectivity index (χ1n) is 19.4. The van der Waals surface area contributed by atoms with E-state index >= 15 is 4.39 Å². The van der Waals surface area contributed by atoms with Crippen LogP contribution in [0.3, 0.4) is 0 Å². The van der Waals surface area contributed by atoms with Crippen LogP contribution < -0.4 is 19.7 Å². The molecule has 0 unspecified atom stereocenters. The van der Waals surface area contributed by atoms with Crippen molar-refractivity contribution in [3.63, 3.8) is 0 Å². The van der Waals surface area contributed by atoms with Crippen LogP contribution in [0.2, 0.25) is 0 Å². The number of thiophene rings is 1. The summed E-state index contributed by atoms with van der Waals surface area (Å²) in [6, 6.07) is 13.6. The standard InChI is InChI=1S/C41H47FN5O8PS/c1-4-19-54-41(51)25(2)45-56(52,55-30-10-6-5-7-11-30)37(42)26-13-16-35-27(20-26)21-36(57-35)38(48)44-32-12-8-9-29-14-15-33(47(29)39(32)49)40(50)46-23-28(24-46)31-22-43-18-17-34(31)53-3/h5-7,10-11,13,16-18,20-22,25,28-29,32-33,37H,4,8-9,12,14-15,19,23-24H2,1-3H3,(H,44,48)(H,45,52)/t25-,29-,32-,33-,37-,56+/m0/s1. The molecule has 0 spiro atoms. The van der Waals surface area contributed by atoms with Gasteiger partial charge in [-0.1, -0.05) is 31.2 Å². The van der Waals surface area contributed by atoms with E-state index in [1.54, 1.807) is 77.8 Å². The van der Waals surface area contributed by atoms with E-state index in [0.29, 0.717) is 53.7 Å². The number of carbonyl (C=O) groups is 4. The van der Waals surface area contributed by atoms with Gasteiger partial charge in [0.05, 0.1) is 18.6 Å². The summed E-state index contributed by atoms with van der Waals surface area (Å²) in [5.74, 6) is -2.68. The lowest BCUT2D eigenvalue weighted by molar-refractivity contribution is -0.148. The monoisotopic (exact) mass is 819 g/mol. The van der Waals surface area contributed by atoms with Crippen molar-refractivity contribution in [1.29, 1.82) is 0 Å². The van der Waals surface area contributed by atoms with Gasteiger partial charge in [-0.05, 0) is 92.8 Å². The number of hydrogen-bond donors (Lipinski definition) is 2. The average Bonchev–Trinajstić information content (AvgIpc) is 3.79. The molecular formula is C41H47FN5O8PS. The zero-order valence-electron chi connectivity index (χ0n) is 32.1. The van der Waals surface area contributed by atoms with Gasteiger partial charge in [-0.2, -0.15) is 0 Å². The number of ether oxygens (including phenoxy) is 2. The maximum absolute atomic E-state index is 16.5. The summed E-state index contributed by atoms with van der Waals surface area (Å²) < 4.78 is 47.8. The molecule has 0 saturated carbocycles. The number of likely N-dealkylation sites (tertiary alicyclic amines) is 1. The Kier molecular flexibility index (Phi) is 12.3. The number of rotatable bonds is 14. The highest BCUT2D eigenvalue weighted by atomic mass is 32.1. The van der Waals surface area contributed by atoms with Gasteiger partial charge in [-0.3, -0.25) is 28.7 Å². The van der Waals surface area contributed by atoms with Gasteiger partial charge >= 0.3 is 13.5 Å². The number of hydrogen-bond acceptors (Lipinski definition) is 10. The van der Waals surface area contributed by atoms with Crippen LogP contribution in [-0.4, -0.2) is 89.4 Å². The largest absolute Gasteiger partial charge is 0.496 e. The minimum absolute atomic E-state index is 0.0240. The molecule has 57 heavy (non-hydrogen) atoms. The Morgan fingerprint density at radius 1 is 1.05 bits per heavy atom. The van der Waals surface area contributed by atoms with Crippen molar-refractivity contribution in [2.75, 3.05) is 26.8 Å². The topological polar surface area (TPSA) is 156 Å². The van der Waals surface area contributed by atoms with Gasteiger partial charge < -0.3 is 29.1 Å². The second kappa shape index (κ2) is 17.3. The normalized spacial score (nSPS) is 21.8. The Bertz CT molecular complexity index is 2170. The molecule has 0 radical (unpaired) electrons. The van der Waals surface area contributed by atoms with Gasteiger partial charge in [0.25, 0.3) is 5.91 Å². The lowest BCUT2D eigenvalue weighted by atomic mass is 9.91. The van der Waals surface area contributed by atoms with E-state index in [1.807, 2.05) is 6.92 Å². The van der Waals surface area contributed by atoms with E-state index in [-0.39, 0.29) is 41.7 Å². The van der Waals surface area contributed by atoms with E-state index in [1.165, 1.54) is 30.4 Å². The molecular weight excluding hydrogens is 773 g/mol. The van der Waals surface area contributed by atoms with Crippen molar-refractivity contribution < 1.29 is 42.1 Å². The van der Waals surface area contributed by atoms with Gasteiger partial charge in [-0.25, -0.2) is 9.48 Å². The zero-order valence-corrected chi connectivity index (χ0v) is 33.8. The molecule has 6 atom stereocenters. The van der Waals surface area contributed by atoms with Crippen LogP contribution in [0.4, 0.5) is 4.39 Å². The predicted octanol–water partition coefficient (Wildman–Crippen LogP) is 6.74.